The molecule has 0 amide bonds. The fraction of sp³-hybridized carbons (Fsp3) is 0.333. The maximum Gasteiger partial charge on any atom is 0.0645 e. The highest BCUT2D eigenvalue weighted by molar-refractivity contribution is 14.1. The second-order valence-electron chi connectivity index (χ2n) is 5.78. The van der Waals surface area contributed by atoms with E-state index in [0.29, 0.717) is 0 Å². The van der Waals surface area contributed by atoms with E-state index in [0.717, 1.165) is 6.42 Å². The predicted octanol–water partition coefficient (Wildman–Crippen LogP) is 6.46. The molecule has 0 saturated heterocycles. The molecule has 0 nitrogen and oxygen atoms in total. The second-order valence-corrected chi connectivity index (χ2v) is 7.94. The predicted molar refractivity (Wildman–Crippen MR) is 99.7 cm³/mol. The maximum absolute atomic E-state index is 3.82. The summed E-state index contributed by atoms with van der Waals surface area (Å²) in [6.07, 6.45) is 1.15. The van der Waals surface area contributed by atoms with Crippen molar-refractivity contribution in [3.8, 4) is 0 Å². The lowest BCUT2D eigenvalue weighted by Gasteiger charge is -2.24. The topological polar surface area (TPSA) is 0 Å². The molecule has 2 aromatic rings. The average molecular weight is 443 g/mol. The monoisotopic (exact) mass is 442 g/mol. The van der Waals surface area contributed by atoms with E-state index in [2.05, 4.69) is 108 Å². The molecular formula is C18H20BrI. The Labute approximate surface area is 144 Å². The largest absolute Gasteiger partial charge is 0.0786 e. The minimum Gasteiger partial charge on any atom is -0.0786 e. The average Bonchev–Trinajstić information content (AvgIpc) is 2.46. The molecule has 0 fully saturated rings. The summed E-state index contributed by atoms with van der Waals surface area (Å²) in [7, 11) is 0. The van der Waals surface area contributed by atoms with Gasteiger partial charge in [-0.25, -0.2) is 0 Å². The van der Waals surface area contributed by atoms with Gasteiger partial charge in [0.15, 0.2) is 0 Å². The first-order chi connectivity index (χ1) is 9.44. The van der Waals surface area contributed by atoms with Gasteiger partial charge in [-0.1, -0.05) is 73.1 Å². The third-order valence-corrected chi connectivity index (χ3v) is 5.74. The summed E-state index contributed by atoms with van der Waals surface area (Å²) in [5, 5.41) is 0. The highest BCUT2D eigenvalue weighted by atomic mass is 127. The van der Waals surface area contributed by atoms with Gasteiger partial charge in [0.2, 0.25) is 0 Å². The molecule has 0 aliphatic rings. The SMILES string of the molecule is CCC(C)(C)c1ccc(C(Br)c2cccc(I)c2)cc1. The first-order valence-electron chi connectivity index (χ1n) is 6.94. The zero-order valence-corrected chi connectivity index (χ0v) is 15.9. The van der Waals surface area contributed by atoms with Crippen LogP contribution in [0.5, 0.6) is 0 Å². The summed E-state index contributed by atoms with van der Waals surface area (Å²) in [5.74, 6) is 0. The molecule has 0 spiro atoms. The van der Waals surface area contributed by atoms with Crippen molar-refractivity contribution in [3.63, 3.8) is 0 Å². The Balaban J connectivity index is 2.26. The molecule has 0 aliphatic heterocycles. The molecule has 2 heteroatoms. The van der Waals surface area contributed by atoms with Crippen LogP contribution in [-0.2, 0) is 5.41 Å². The Morgan fingerprint density at radius 2 is 1.70 bits per heavy atom. The Kier molecular flexibility index (Phi) is 5.30. The molecule has 106 valence electrons. The van der Waals surface area contributed by atoms with Gasteiger partial charge in [-0.05, 0) is 63.2 Å². The van der Waals surface area contributed by atoms with Crippen molar-refractivity contribution in [1.82, 2.24) is 0 Å². The van der Waals surface area contributed by atoms with Crippen LogP contribution in [0.4, 0.5) is 0 Å². The first kappa shape index (κ1) is 16.0. The summed E-state index contributed by atoms with van der Waals surface area (Å²) in [5.41, 5.74) is 4.27. The van der Waals surface area contributed by atoms with Crippen LogP contribution in [0.15, 0.2) is 48.5 Å². The molecule has 2 aromatic carbocycles. The summed E-state index contributed by atoms with van der Waals surface area (Å²) >= 11 is 6.18. The van der Waals surface area contributed by atoms with E-state index < -0.39 is 0 Å². The van der Waals surface area contributed by atoms with E-state index in [-0.39, 0.29) is 10.2 Å². The molecule has 0 bridgehead atoms. The van der Waals surface area contributed by atoms with E-state index in [4.69, 9.17) is 0 Å². The molecule has 0 N–H and O–H groups in total. The Morgan fingerprint density at radius 1 is 1.05 bits per heavy atom. The van der Waals surface area contributed by atoms with Gasteiger partial charge in [-0.15, -0.1) is 0 Å². The van der Waals surface area contributed by atoms with E-state index in [9.17, 15) is 0 Å². The molecule has 20 heavy (non-hydrogen) atoms. The normalized spacial score (nSPS) is 13.2. The summed E-state index contributed by atoms with van der Waals surface area (Å²) < 4.78 is 1.27. The van der Waals surface area contributed by atoms with Crippen LogP contribution < -0.4 is 0 Å². The first-order valence-corrected chi connectivity index (χ1v) is 8.93. The summed E-state index contributed by atoms with van der Waals surface area (Å²) in [6, 6.07) is 17.6. The van der Waals surface area contributed by atoms with Gasteiger partial charge in [0.05, 0.1) is 4.83 Å². The molecule has 0 radical (unpaired) electrons. The van der Waals surface area contributed by atoms with E-state index in [1.165, 1.54) is 20.3 Å². The quantitative estimate of drug-likeness (QED) is 0.376. The van der Waals surface area contributed by atoms with E-state index in [1.807, 2.05) is 0 Å². The number of hydrogen-bond donors (Lipinski definition) is 0. The van der Waals surface area contributed by atoms with Crippen molar-refractivity contribution in [3.05, 3.63) is 68.8 Å². The van der Waals surface area contributed by atoms with Crippen molar-refractivity contribution in [2.75, 3.05) is 0 Å². The summed E-state index contributed by atoms with van der Waals surface area (Å²) in [6.45, 7) is 6.84. The lowest BCUT2D eigenvalue weighted by molar-refractivity contribution is 0.506. The number of alkyl halides is 1. The highest BCUT2D eigenvalue weighted by Crippen LogP contribution is 2.33. The molecule has 0 heterocycles. The Hall–Kier alpha value is -0.350. The van der Waals surface area contributed by atoms with Gasteiger partial charge in [-0.2, -0.15) is 0 Å². The zero-order chi connectivity index (χ0) is 14.8. The van der Waals surface area contributed by atoms with Crippen LogP contribution >= 0.6 is 38.5 Å². The Bertz CT molecular complexity index is 572. The molecule has 2 rings (SSSR count). The van der Waals surface area contributed by atoms with Gasteiger partial charge >= 0.3 is 0 Å². The van der Waals surface area contributed by atoms with Crippen molar-refractivity contribution in [1.29, 1.82) is 0 Å². The highest BCUT2D eigenvalue weighted by Gasteiger charge is 2.18. The van der Waals surface area contributed by atoms with Crippen LogP contribution in [0.2, 0.25) is 0 Å². The van der Waals surface area contributed by atoms with Gasteiger partial charge in [-0.3, -0.25) is 0 Å². The molecule has 0 aromatic heterocycles. The Morgan fingerprint density at radius 3 is 2.25 bits per heavy atom. The van der Waals surface area contributed by atoms with Gasteiger partial charge < -0.3 is 0 Å². The van der Waals surface area contributed by atoms with Crippen LogP contribution in [0.3, 0.4) is 0 Å². The van der Waals surface area contributed by atoms with Crippen LogP contribution in [0, 0.1) is 3.57 Å². The fourth-order valence-corrected chi connectivity index (χ4v) is 3.32. The minimum absolute atomic E-state index is 0.252. The maximum atomic E-state index is 3.82. The van der Waals surface area contributed by atoms with Gasteiger partial charge in [0, 0.05) is 3.57 Å². The standard InChI is InChI=1S/C18H20BrI/c1-4-18(2,3)15-10-8-13(9-11-15)17(19)14-6-5-7-16(20)12-14/h5-12,17H,4H2,1-3H3. The lowest BCUT2D eigenvalue weighted by atomic mass is 9.82. The molecule has 1 unspecified atom stereocenters. The van der Waals surface area contributed by atoms with E-state index in [1.54, 1.807) is 0 Å². The third kappa shape index (κ3) is 3.64. The molecular weight excluding hydrogens is 423 g/mol. The zero-order valence-electron chi connectivity index (χ0n) is 12.2. The van der Waals surface area contributed by atoms with Crippen molar-refractivity contribution in [2.24, 2.45) is 0 Å². The molecule has 0 saturated carbocycles. The molecule has 0 aliphatic carbocycles. The molecule has 1 atom stereocenters. The smallest absolute Gasteiger partial charge is 0.0645 e. The van der Waals surface area contributed by atoms with Crippen molar-refractivity contribution >= 4 is 38.5 Å². The van der Waals surface area contributed by atoms with Gasteiger partial charge in [0.1, 0.15) is 0 Å². The minimum atomic E-state index is 0.252. The fourth-order valence-electron chi connectivity index (χ4n) is 2.16. The second kappa shape index (κ2) is 6.61. The van der Waals surface area contributed by atoms with Gasteiger partial charge in [0.25, 0.3) is 0 Å². The third-order valence-electron chi connectivity index (χ3n) is 4.01. The number of rotatable bonds is 4. The number of halogens is 2. The van der Waals surface area contributed by atoms with Crippen LogP contribution in [-0.4, -0.2) is 0 Å². The van der Waals surface area contributed by atoms with E-state index >= 15 is 0 Å². The summed E-state index contributed by atoms with van der Waals surface area (Å²) in [4.78, 5) is 0.260. The van der Waals surface area contributed by atoms with Crippen LogP contribution in [0.1, 0.15) is 48.7 Å². The van der Waals surface area contributed by atoms with Crippen LogP contribution in [0.25, 0.3) is 0 Å². The number of benzene rings is 2. The lowest BCUT2D eigenvalue weighted by Crippen LogP contribution is -2.15. The van der Waals surface area contributed by atoms with Crippen molar-refractivity contribution < 1.29 is 0 Å². The number of hydrogen-bond acceptors (Lipinski definition) is 0. The van der Waals surface area contributed by atoms with Crippen molar-refractivity contribution in [2.45, 2.75) is 37.4 Å².